The Labute approximate surface area is 135 Å². The Kier molecular flexibility index (Phi) is 7.85. The van der Waals surface area contributed by atoms with Crippen molar-refractivity contribution in [2.24, 2.45) is 0 Å². The molecule has 4 nitrogen and oxygen atoms in total. The summed E-state index contributed by atoms with van der Waals surface area (Å²) in [4.78, 5) is 12.0. The number of halogens is 2. The topological polar surface area (TPSA) is 44.8 Å². The first kappa shape index (κ1) is 19.3. The van der Waals surface area contributed by atoms with E-state index in [1.165, 1.54) is 0 Å². The second-order valence-electron chi connectivity index (χ2n) is 4.87. The number of benzene rings is 1. The largest absolute Gasteiger partial charge is 0.464 e. The highest BCUT2D eigenvalue weighted by molar-refractivity contribution is 5.78. The van der Waals surface area contributed by atoms with Gasteiger partial charge in [0.2, 0.25) is 0 Å². The number of hydrogen-bond acceptors (Lipinski definition) is 4. The zero-order chi connectivity index (χ0) is 17.4. The van der Waals surface area contributed by atoms with Crippen molar-refractivity contribution in [2.75, 3.05) is 13.2 Å². The summed E-state index contributed by atoms with van der Waals surface area (Å²) >= 11 is 0. The van der Waals surface area contributed by atoms with Gasteiger partial charge in [0, 0.05) is 19.1 Å². The van der Waals surface area contributed by atoms with E-state index in [9.17, 15) is 13.6 Å². The Balaban J connectivity index is 2.85. The van der Waals surface area contributed by atoms with Crippen LogP contribution in [0.2, 0.25) is 0 Å². The normalized spacial score (nSPS) is 13.4. The molecular weight excluding hydrogens is 306 g/mol. The highest BCUT2D eigenvalue weighted by atomic mass is 19.1. The molecule has 0 aliphatic rings. The molecule has 0 bridgehead atoms. The zero-order valence-electron chi connectivity index (χ0n) is 13.6. The molecule has 0 heterocycles. The number of hydrogen-bond donors (Lipinski definition) is 0. The van der Waals surface area contributed by atoms with Crippen molar-refractivity contribution in [2.45, 2.75) is 39.6 Å². The molecule has 0 N–H and O–H groups in total. The van der Waals surface area contributed by atoms with Crippen molar-refractivity contribution in [3.8, 4) is 0 Å². The van der Waals surface area contributed by atoms with E-state index in [4.69, 9.17) is 14.2 Å². The lowest BCUT2D eigenvalue weighted by atomic mass is 10.0. The van der Waals surface area contributed by atoms with Crippen LogP contribution in [-0.2, 0) is 19.0 Å². The standard InChI is InChI=1S/C17H22F2O4/c1-5-21-12(4)23-16(17(20)22-6-2)7-11(3)13-8-14(18)10-15(19)9-13/h8-10,12,16H,3,5-7H2,1-2,4H3. The number of ether oxygens (including phenoxy) is 3. The average Bonchev–Trinajstić information content (AvgIpc) is 2.46. The molecule has 1 aromatic carbocycles. The van der Waals surface area contributed by atoms with Crippen LogP contribution in [0.15, 0.2) is 24.8 Å². The summed E-state index contributed by atoms with van der Waals surface area (Å²) in [5.41, 5.74) is 0.634. The third kappa shape index (κ3) is 6.46. The van der Waals surface area contributed by atoms with E-state index in [1.54, 1.807) is 20.8 Å². The number of esters is 1. The quantitative estimate of drug-likeness (QED) is 0.512. The Hall–Kier alpha value is -1.79. The molecule has 2 atom stereocenters. The molecule has 1 rings (SSSR count). The summed E-state index contributed by atoms with van der Waals surface area (Å²) in [6.45, 7) is 9.53. The monoisotopic (exact) mass is 328 g/mol. The highest BCUT2D eigenvalue weighted by Gasteiger charge is 2.25. The molecule has 6 heteroatoms. The van der Waals surface area contributed by atoms with Gasteiger partial charge in [0.25, 0.3) is 0 Å². The predicted octanol–water partition coefficient (Wildman–Crippen LogP) is 3.70. The SMILES string of the molecule is C=C(CC(OC(C)OCC)C(=O)OCC)c1cc(F)cc(F)c1. The number of carbonyl (C=O) groups is 1. The lowest BCUT2D eigenvalue weighted by Gasteiger charge is -2.22. The summed E-state index contributed by atoms with van der Waals surface area (Å²) in [5, 5.41) is 0. The Bertz CT molecular complexity index is 525. The first-order chi connectivity index (χ1) is 10.9. The van der Waals surface area contributed by atoms with Crippen LogP contribution in [0.1, 0.15) is 32.8 Å². The maximum atomic E-state index is 13.3. The van der Waals surface area contributed by atoms with Crippen molar-refractivity contribution in [3.05, 3.63) is 42.0 Å². The number of carbonyl (C=O) groups excluding carboxylic acids is 1. The zero-order valence-corrected chi connectivity index (χ0v) is 13.6. The van der Waals surface area contributed by atoms with Gasteiger partial charge in [-0.15, -0.1) is 0 Å². The molecule has 128 valence electrons. The molecule has 23 heavy (non-hydrogen) atoms. The van der Waals surface area contributed by atoms with Gasteiger partial charge in [-0.1, -0.05) is 6.58 Å². The summed E-state index contributed by atoms with van der Waals surface area (Å²) in [6.07, 6.45) is -1.54. The molecule has 0 amide bonds. The van der Waals surface area contributed by atoms with Crippen LogP contribution >= 0.6 is 0 Å². The van der Waals surface area contributed by atoms with Gasteiger partial charge < -0.3 is 14.2 Å². The summed E-state index contributed by atoms with van der Waals surface area (Å²) in [7, 11) is 0. The molecule has 1 aromatic rings. The fourth-order valence-corrected chi connectivity index (χ4v) is 2.03. The molecule has 0 aliphatic carbocycles. The Morgan fingerprint density at radius 2 is 1.78 bits per heavy atom. The van der Waals surface area contributed by atoms with Crippen LogP contribution in [0.5, 0.6) is 0 Å². The van der Waals surface area contributed by atoms with Gasteiger partial charge in [-0.25, -0.2) is 13.6 Å². The van der Waals surface area contributed by atoms with Crippen LogP contribution in [0, 0.1) is 11.6 Å². The molecule has 2 unspecified atom stereocenters. The lowest BCUT2D eigenvalue weighted by molar-refractivity contribution is -0.186. The van der Waals surface area contributed by atoms with Crippen LogP contribution in [0.25, 0.3) is 5.57 Å². The maximum Gasteiger partial charge on any atom is 0.335 e. The van der Waals surface area contributed by atoms with Crippen LogP contribution in [-0.4, -0.2) is 31.6 Å². The van der Waals surface area contributed by atoms with Crippen molar-refractivity contribution >= 4 is 11.5 Å². The van der Waals surface area contributed by atoms with Crippen molar-refractivity contribution in [1.82, 2.24) is 0 Å². The minimum absolute atomic E-state index is 0.0408. The highest BCUT2D eigenvalue weighted by Crippen LogP contribution is 2.23. The van der Waals surface area contributed by atoms with Crippen molar-refractivity contribution in [1.29, 1.82) is 0 Å². The van der Waals surface area contributed by atoms with Crippen LogP contribution in [0.3, 0.4) is 0 Å². The van der Waals surface area contributed by atoms with E-state index < -0.39 is 30.0 Å². The van der Waals surface area contributed by atoms with Gasteiger partial charge >= 0.3 is 5.97 Å². The fraction of sp³-hybridized carbons (Fsp3) is 0.471. The fourth-order valence-electron chi connectivity index (χ4n) is 2.03. The average molecular weight is 328 g/mol. The molecule has 0 fully saturated rings. The second kappa shape index (κ2) is 9.37. The van der Waals surface area contributed by atoms with E-state index in [0.717, 1.165) is 18.2 Å². The maximum absolute atomic E-state index is 13.3. The third-order valence-electron chi connectivity index (χ3n) is 3.01. The first-order valence-corrected chi connectivity index (χ1v) is 7.45. The molecular formula is C17H22F2O4. The molecule has 0 aliphatic heterocycles. The van der Waals surface area contributed by atoms with E-state index in [-0.39, 0.29) is 18.6 Å². The third-order valence-corrected chi connectivity index (χ3v) is 3.01. The molecule has 0 spiro atoms. The predicted molar refractivity (Wildman–Crippen MR) is 82.6 cm³/mol. The van der Waals surface area contributed by atoms with E-state index in [2.05, 4.69) is 6.58 Å². The van der Waals surface area contributed by atoms with Gasteiger partial charge in [0.1, 0.15) is 11.6 Å². The van der Waals surface area contributed by atoms with Crippen molar-refractivity contribution < 1.29 is 27.8 Å². The minimum Gasteiger partial charge on any atom is -0.464 e. The Morgan fingerprint density at radius 3 is 2.30 bits per heavy atom. The molecule has 0 saturated heterocycles. The lowest BCUT2D eigenvalue weighted by Crippen LogP contribution is -2.31. The molecule has 0 aromatic heterocycles. The summed E-state index contributed by atoms with van der Waals surface area (Å²) in [6, 6.07) is 3.08. The van der Waals surface area contributed by atoms with Crippen LogP contribution in [0.4, 0.5) is 8.78 Å². The summed E-state index contributed by atoms with van der Waals surface area (Å²) in [5.74, 6) is -1.99. The van der Waals surface area contributed by atoms with Crippen LogP contribution < -0.4 is 0 Å². The first-order valence-electron chi connectivity index (χ1n) is 7.45. The second-order valence-corrected chi connectivity index (χ2v) is 4.87. The van der Waals surface area contributed by atoms with Gasteiger partial charge in [-0.3, -0.25) is 0 Å². The van der Waals surface area contributed by atoms with Gasteiger partial charge in [0.05, 0.1) is 6.61 Å². The van der Waals surface area contributed by atoms with Gasteiger partial charge in [-0.2, -0.15) is 0 Å². The molecule has 0 saturated carbocycles. The smallest absolute Gasteiger partial charge is 0.335 e. The van der Waals surface area contributed by atoms with E-state index >= 15 is 0 Å². The number of rotatable bonds is 9. The van der Waals surface area contributed by atoms with E-state index in [0.29, 0.717) is 12.2 Å². The Morgan fingerprint density at radius 1 is 1.17 bits per heavy atom. The summed E-state index contributed by atoms with van der Waals surface area (Å²) < 4.78 is 42.3. The van der Waals surface area contributed by atoms with Crippen molar-refractivity contribution in [3.63, 3.8) is 0 Å². The minimum atomic E-state index is -0.963. The van der Waals surface area contributed by atoms with Gasteiger partial charge in [-0.05, 0) is 44.0 Å². The van der Waals surface area contributed by atoms with Gasteiger partial charge in [0.15, 0.2) is 12.4 Å². The van der Waals surface area contributed by atoms with E-state index in [1.807, 2.05) is 0 Å². The molecule has 0 radical (unpaired) electrons.